The van der Waals surface area contributed by atoms with Crippen molar-refractivity contribution in [1.29, 1.82) is 0 Å². The summed E-state index contributed by atoms with van der Waals surface area (Å²) in [5, 5.41) is 0. The predicted octanol–water partition coefficient (Wildman–Crippen LogP) is 0.923. The number of hydrogen-bond donors (Lipinski definition) is 0. The number of rotatable bonds is 2. The van der Waals surface area contributed by atoms with Crippen LogP contribution in [0.15, 0.2) is 6.07 Å². The minimum absolute atomic E-state index is 0.212. The summed E-state index contributed by atoms with van der Waals surface area (Å²) in [5.74, 6) is -1.88. The molecular formula is C8H8F2N2O2. The van der Waals surface area contributed by atoms with E-state index in [2.05, 4.69) is 9.97 Å². The van der Waals surface area contributed by atoms with Crippen LogP contribution in [0.2, 0.25) is 0 Å². The van der Waals surface area contributed by atoms with Crippen molar-refractivity contribution in [3.63, 3.8) is 0 Å². The topological polar surface area (TPSA) is 44.2 Å². The maximum Gasteiger partial charge on any atom is 0.322 e. The lowest BCUT2D eigenvalue weighted by molar-refractivity contribution is 0.132. The smallest absolute Gasteiger partial charge is 0.322 e. The van der Waals surface area contributed by atoms with Gasteiger partial charge in [-0.05, 0) is 0 Å². The summed E-state index contributed by atoms with van der Waals surface area (Å²) in [7, 11) is 0. The molecule has 0 N–H and O–H groups in total. The molecule has 2 rings (SSSR count). The largest absolute Gasteiger partial charge is 0.457 e. The van der Waals surface area contributed by atoms with Crippen molar-refractivity contribution in [2.45, 2.75) is 12.5 Å². The first-order valence-electron chi connectivity index (χ1n) is 4.18. The van der Waals surface area contributed by atoms with E-state index in [0.29, 0.717) is 25.7 Å². The highest BCUT2D eigenvalue weighted by Gasteiger charge is 2.19. The fraction of sp³-hybridized carbons (Fsp3) is 0.500. The first-order valence-corrected chi connectivity index (χ1v) is 4.18. The van der Waals surface area contributed by atoms with Crippen molar-refractivity contribution >= 4 is 0 Å². The number of hydrogen-bond acceptors (Lipinski definition) is 4. The summed E-state index contributed by atoms with van der Waals surface area (Å²) < 4.78 is 35.3. The zero-order chi connectivity index (χ0) is 9.97. The van der Waals surface area contributed by atoms with E-state index in [-0.39, 0.29) is 12.1 Å². The van der Waals surface area contributed by atoms with Crippen LogP contribution in [0.3, 0.4) is 0 Å². The van der Waals surface area contributed by atoms with Crippen molar-refractivity contribution in [3.05, 3.63) is 18.0 Å². The molecule has 0 aromatic carbocycles. The van der Waals surface area contributed by atoms with E-state index < -0.39 is 11.9 Å². The SMILES string of the molecule is Fc1cc(F)nc(O[C@@H]2CCOC2)n1. The molecule has 0 saturated carbocycles. The molecule has 1 atom stereocenters. The molecule has 1 saturated heterocycles. The quantitative estimate of drug-likeness (QED) is 0.669. The van der Waals surface area contributed by atoms with Crippen molar-refractivity contribution in [2.24, 2.45) is 0 Å². The van der Waals surface area contributed by atoms with Crippen LogP contribution in [0, 0.1) is 11.9 Å². The van der Waals surface area contributed by atoms with Crippen LogP contribution in [0.4, 0.5) is 8.78 Å². The molecule has 0 amide bonds. The van der Waals surface area contributed by atoms with Crippen molar-refractivity contribution in [3.8, 4) is 6.01 Å². The zero-order valence-corrected chi connectivity index (χ0v) is 7.24. The summed E-state index contributed by atoms with van der Waals surface area (Å²) >= 11 is 0. The van der Waals surface area contributed by atoms with Crippen LogP contribution in [0.25, 0.3) is 0 Å². The molecule has 6 heteroatoms. The first-order chi connectivity index (χ1) is 6.74. The van der Waals surface area contributed by atoms with Crippen LogP contribution < -0.4 is 4.74 Å². The Morgan fingerprint density at radius 3 is 2.64 bits per heavy atom. The number of halogens is 2. The lowest BCUT2D eigenvalue weighted by Gasteiger charge is -2.08. The number of ether oxygens (including phenoxy) is 2. The Kier molecular flexibility index (Phi) is 2.53. The Labute approximate surface area is 78.9 Å². The number of nitrogens with zero attached hydrogens (tertiary/aromatic N) is 2. The van der Waals surface area contributed by atoms with Crippen molar-refractivity contribution in [1.82, 2.24) is 9.97 Å². The fourth-order valence-corrected chi connectivity index (χ4v) is 1.18. The van der Waals surface area contributed by atoms with Gasteiger partial charge in [-0.25, -0.2) is 0 Å². The highest BCUT2D eigenvalue weighted by molar-refractivity contribution is 4.98. The lowest BCUT2D eigenvalue weighted by atomic mass is 10.3. The summed E-state index contributed by atoms with van der Waals surface area (Å²) in [6, 6.07) is 0.316. The third kappa shape index (κ3) is 2.14. The highest BCUT2D eigenvalue weighted by Crippen LogP contribution is 2.12. The van der Waals surface area contributed by atoms with Gasteiger partial charge in [0.1, 0.15) is 6.10 Å². The third-order valence-electron chi connectivity index (χ3n) is 1.80. The molecule has 4 nitrogen and oxygen atoms in total. The van der Waals surface area contributed by atoms with E-state index in [1.807, 2.05) is 0 Å². The van der Waals surface area contributed by atoms with Crippen molar-refractivity contribution < 1.29 is 18.3 Å². The normalized spacial score (nSPS) is 21.1. The van der Waals surface area contributed by atoms with E-state index in [1.165, 1.54) is 0 Å². The van der Waals surface area contributed by atoms with Gasteiger partial charge in [0.15, 0.2) is 0 Å². The monoisotopic (exact) mass is 202 g/mol. The van der Waals surface area contributed by atoms with E-state index in [1.54, 1.807) is 0 Å². The highest BCUT2D eigenvalue weighted by atomic mass is 19.1. The average Bonchev–Trinajstić information content (AvgIpc) is 2.54. The Balaban J connectivity index is 2.07. The lowest BCUT2D eigenvalue weighted by Crippen LogP contribution is -2.17. The maximum atomic E-state index is 12.6. The van der Waals surface area contributed by atoms with Crippen LogP contribution in [-0.2, 0) is 4.74 Å². The molecule has 0 unspecified atom stereocenters. The molecule has 0 spiro atoms. The standard InChI is InChI=1S/C8H8F2N2O2/c9-6-3-7(10)12-8(11-6)14-5-1-2-13-4-5/h3,5H,1-2,4H2/t5-/m1/s1. The molecule has 76 valence electrons. The van der Waals surface area contributed by atoms with Crippen LogP contribution >= 0.6 is 0 Å². The van der Waals surface area contributed by atoms with Gasteiger partial charge in [0.25, 0.3) is 0 Å². The first kappa shape index (κ1) is 9.26. The Hall–Kier alpha value is -1.30. The second-order valence-corrected chi connectivity index (χ2v) is 2.90. The van der Waals surface area contributed by atoms with Crippen LogP contribution in [0.5, 0.6) is 6.01 Å². The van der Waals surface area contributed by atoms with Crippen LogP contribution in [0.1, 0.15) is 6.42 Å². The van der Waals surface area contributed by atoms with Gasteiger partial charge in [0, 0.05) is 12.5 Å². The molecule has 0 radical (unpaired) electrons. The molecule has 1 aliphatic heterocycles. The van der Waals surface area contributed by atoms with Crippen molar-refractivity contribution in [2.75, 3.05) is 13.2 Å². The molecule has 0 bridgehead atoms. The minimum atomic E-state index is -0.939. The van der Waals surface area contributed by atoms with Gasteiger partial charge in [-0.1, -0.05) is 0 Å². The van der Waals surface area contributed by atoms with Gasteiger partial charge >= 0.3 is 6.01 Å². The van der Waals surface area contributed by atoms with E-state index in [4.69, 9.17) is 9.47 Å². The van der Waals surface area contributed by atoms with Gasteiger partial charge in [-0.15, -0.1) is 0 Å². The molecular weight excluding hydrogens is 194 g/mol. The number of aromatic nitrogens is 2. The summed E-state index contributed by atoms with van der Waals surface area (Å²) in [6.07, 6.45) is 0.470. The Morgan fingerprint density at radius 2 is 2.07 bits per heavy atom. The zero-order valence-electron chi connectivity index (χ0n) is 7.24. The third-order valence-corrected chi connectivity index (χ3v) is 1.80. The van der Waals surface area contributed by atoms with E-state index in [9.17, 15) is 8.78 Å². The summed E-state index contributed by atoms with van der Waals surface area (Å²) in [4.78, 5) is 6.60. The molecule has 1 aliphatic rings. The molecule has 1 aromatic rings. The molecule has 2 heterocycles. The van der Waals surface area contributed by atoms with Gasteiger partial charge in [0.2, 0.25) is 11.9 Å². The minimum Gasteiger partial charge on any atom is -0.457 e. The van der Waals surface area contributed by atoms with Crippen LogP contribution in [-0.4, -0.2) is 29.3 Å². The molecule has 0 aliphatic carbocycles. The maximum absolute atomic E-state index is 12.6. The van der Waals surface area contributed by atoms with Gasteiger partial charge in [0.05, 0.1) is 13.2 Å². The van der Waals surface area contributed by atoms with Gasteiger partial charge in [-0.3, -0.25) is 0 Å². The molecule has 1 fully saturated rings. The van der Waals surface area contributed by atoms with Gasteiger partial charge in [-0.2, -0.15) is 18.7 Å². The molecule has 14 heavy (non-hydrogen) atoms. The predicted molar refractivity (Wildman–Crippen MR) is 41.8 cm³/mol. The second kappa shape index (κ2) is 3.83. The van der Waals surface area contributed by atoms with Gasteiger partial charge < -0.3 is 9.47 Å². The second-order valence-electron chi connectivity index (χ2n) is 2.90. The summed E-state index contributed by atoms with van der Waals surface area (Å²) in [6.45, 7) is 0.990. The Morgan fingerprint density at radius 1 is 1.36 bits per heavy atom. The van der Waals surface area contributed by atoms with E-state index >= 15 is 0 Å². The average molecular weight is 202 g/mol. The summed E-state index contributed by atoms with van der Waals surface area (Å²) in [5.41, 5.74) is 0. The Bertz CT molecular complexity index is 309. The van der Waals surface area contributed by atoms with E-state index in [0.717, 1.165) is 0 Å². The molecule has 1 aromatic heterocycles. The fourth-order valence-electron chi connectivity index (χ4n) is 1.18.